The number of esters is 1. The van der Waals surface area contributed by atoms with Crippen molar-refractivity contribution in [1.82, 2.24) is 4.98 Å². The second kappa shape index (κ2) is 7.74. The van der Waals surface area contributed by atoms with E-state index in [1.165, 1.54) is 11.3 Å². The number of ketones is 1. The fourth-order valence-corrected chi connectivity index (χ4v) is 3.81. The highest BCUT2D eigenvalue weighted by Crippen LogP contribution is 2.30. The standard InChI is InChI=1S/C23H17NO3S/c1-15-21(23(26)27-14-19(25)20-12-7-13-28-20)17-10-5-6-11-18(17)24-22(15)16-8-3-2-4-9-16/h2-13H,14H2,1H3. The van der Waals surface area contributed by atoms with E-state index in [4.69, 9.17) is 9.72 Å². The molecular formula is C23H17NO3S. The fourth-order valence-electron chi connectivity index (χ4n) is 3.16. The first-order chi connectivity index (χ1) is 13.6. The van der Waals surface area contributed by atoms with Gasteiger partial charge in [0.05, 0.1) is 21.7 Å². The molecule has 138 valence electrons. The Hall–Kier alpha value is -3.31. The van der Waals surface area contributed by atoms with E-state index in [0.29, 0.717) is 21.3 Å². The number of nitrogens with zero attached hydrogens (tertiary/aromatic N) is 1. The number of carbonyl (C=O) groups is 2. The van der Waals surface area contributed by atoms with Crippen LogP contribution >= 0.6 is 11.3 Å². The zero-order chi connectivity index (χ0) is 19.5. The molecule has 28 heavy (non-hydrogen) atoms. The van der Waals surface area contributed by atoms with E-state index >= 15 is 0 Å². The third kappa shape index (κ3) is 3.44. The number of thiophene rings is 1. The molecule has 4 aromatic rings. The molecule has 2 aromatic carbocycles. The number of hydrogen-bond acceptors (Lipinski definition) is 5. The van der Waals surface area contributed by atoms with Gasteiger partial charge in [0.2, 0.25) is 5.78 Å². The Morgan fingerprint density at radius 1 is 0.964 bits per heavy atom. The van der Waals surface area contributed by atoms with Crippen LogP contribution in [0, 0.1) is 6.92 Å². The molecule has 4 nitrogen and oxygen atoms in total. The number of hydrogen-bond donors (Lipinski definition) is 0. The van der Waals surface area contributed by atoms with E-state index in [1.54, 1.807) is 12.1 Å². The molecule has 0 aliphatic heterocycles. The Balaban J connectivity index is 1.73. The number of aromatic nitrogens is 1. The van der Waals surface area contributed by atoms with Crippen molar-refractivity contribution in [3.63, 3.8) is 0 Å². The molecule has 0 amide bonds. The molecule has 0 atom stereocenters. The van der Waals surface area contributed by atoms with Gasteiger partial charge in [-0.05, 0) is 30.0 Å². The van der Waals surface area contributed by atoms with E-state index in [0.717, 1.165) is 16.8 Å². The van der Waals surface area contributed by atoms with Gasteiger partial charge >= 0.3 is 5.97 Å². The smallest absolute Gasteiger partial charge is 0.339 e. The van der Waals surface area contributed by atoms with Gasteiger partial charge in [-0.1, -0.05) is 54.6 Å². The van der Waals surface area contributed by atoms with E-state index in [2.05, 4.69) is 0 Å². The Kier molecular flexibility index (Phi) is 5.00. The van der Waals surface area contributed by atoms with E-state index in [9.17, 15) is 9.59 Å². The van der Waals surface area contributed by atoms with E-state index in [1.807, 2.05) is 66.9 Å². The Bertz CT molecular complexity index is 1150. The number of carbonyl (C=O) groups excluding carboxylic acids is 2. The number of fused-ring (bicyclic) bond motifs is 1. The van der Waals surface area contributed by atoms with Crippen molar-refractivity contribution in [3.05, 3.63) is 88.1 Å². The summed E-state index contributed by atoms with van der Waals surface area (Å²) in [6, 6.07) is 20.7. The summed E-state index contributed by atoms with van der Waals surface area (Å²) >= 11 is 1.33. The lowest BCUT2D eigenvalue weighted by Gasteiger charge is -2.14. The lowest BCUT2D eigenvalue weighted by molar-refractivity contribution is 0.0477. The van der Waals surface area contributed by atoms with Gasteiger partial charge in [-0.3, -0.25) is 4.79 Å². The normalized spacial score (nSPS) is 10.8. The average Bonchev–Trinajstić information content (AvgIpc) is 3.27. The lowest BCUT2D eigenvalue weighted by atomic mass is 9.98. The predicted molar refractivity (Wildman–Crippen MR) is 111 cm³/mol. The zero-order valence-electron chi connectivity index (χ0n) is 15.2. The predicted octanol–water partition coefficient (Wildman–Crippen LogP) is 5.31. The molecule has 0 unspecified atom stereocenters. The number of ether oxygens (including phenoxy) is 1. The summed E-state index contributed by atoms with van der Waals surface area (Å²) in [6.45, 7) is 1.58. The van der Waals surface area contributed by atoms with Crippen LogP contribution in [0.2, 0.25) is 0 Å². The average molecular weight is 387 g/mol. The zero-order valence-corrected chi connectivity index (χ0v) is 16.0. The first kappa shape index (κ1) is 18.1. The largest absolute Gasteiger partial charge is 0.454 e. The second-order valence-electron chi connectivity index (χ2n) is 6.32. The molecule has 0 aliphatic carbocycles. The van der Waals surface area contributed by atoms with Gasteiger partial charge in [0.1, 0.15) is 0 Å². The summed E-state index contributed by atoms with van der Waals surface area (Å²) in [5.74, 6) is -0.721. The molecule has 0 spiro atoms. The minimum absolute atomic E-state index is 0.206. The summed E-state index contributed by atoms with van der Waals surface area (Å²) in [6.07, 6.45) is 0. The van der Waals surface area contributed by atoms with E-state index < -0.39 is 5.97 Å². The molecule has 5 heteroatoms. The molecule has 0 fully saturated rings. The van der Waals surface area contributed by atoms with Crippen LogP contribution in [0.15, 0.2) is 72.1 Å². The highest BCUT2D eigenvalue weighted by molar-refractivity contribution is 7.12. The van der Waals surface area contributed by atoms with Crippen molar-refractivity contribution in [2.45, 2.75) is 6.92 Å². The number of pyridine rings is 1. The monoisotopic (exact) mass is 387 g/mol. The molecule has 2 heterocycles. The van der Waals surface area contributed by atoms with Crippen molar-refractivity contribution in [2.75, 3.05) is 6.61 Å². The molecular weight excluding hydrogens is 370 g/mol. The topological polar surface area (TPSA) is 56.3 Å². The van der Waals surface area contributed by atoms with E-state index in [-0.39, 0.29) is 12.4 Å². The minimum atomic E-state index is -0.516. The first-order valence-corrected chi connectivity index (χ1v) is 9.71. The minimum Gasteiger partial charge on any atom is -0.454 e. The van der Waals surface area contributed by atoms with Crippen LogP contribution in [0.25, 0.3) is 22.2 Å². The Labute approximate surface area is 166 Å². The quantitative estimate of drug-likeness (QED) is 0.344. The molecule has 0 saturated heterocycles. The maximum absolute atomic E-state index is 12.9. The summed E-state index contributed by atoms with van der Waals surface area (Å²) in [4.78, 5) is 30.5. The van der Waals surface area contributed by atoms with Crippen LogP contribution in [0.1, 0.15) is 25.6 Å². The summed E-state index contributed by atoms with van der Waals surface area (Å²) < 4.78 is 5.38. The second-order valence-corrected chi connectivity index (χ2v) is 7.27. The highest BCUT2D eigenvalue weighted by Gasteiger charge is 2.21. The Morgan fingerprint density at radius 3 is 2.46 bits per heavy atom. The summed E-state index contributed by atoms with van der Waals surface area (Å²) in [5.41, 5.74) is 3.55. The van der Waals surface area contributed by atoms with Gasteiger partial charge in [0, 0.05) is 10.9 Å². The molecule has 0 bridgehead atoms. The molecule has 2 aromatic heterocycles. The molecule has 0 aliphatic rings. The van der Waals surface area contributed by atoms with Gasteiger partial charge in [0.15, 0.2) is 6.61 Å². The number of para-hydroxylation sites is 1. The Morgan fingerprint density at radius 2 is 1.71 bits per heavy atom. The highest BCUT2D eigenvalue weighted by atomic mass is 32.1. The van der Waals surface area contributed by atoms with Crippen LogP contribution in [-0.2, 0) is 4.74 Å². The fraction of sp³-hybridized carbons (Fsp3) is 0.0870. The van der Waals surface area contributed by atoms with Gasteiger partial charge in [0.25, 0.3) is 0 Å². The first-order valence-electron chi connectivity index (χ1n) is 8.84. The van der Waals surface area contributed by atoms with Crippen LogP contribution in [0.4, 0.5) is 0 Å². The van der Waals surface area contributed by atoms with Crippen molar-refractivity contribution in [1.29, 1.82) is 0 Å². The maximum atomic E-state index is 12.9. The van der Waals surface area contributed by atoms with Gasteiger partial charge < -0.3 is 4.74 Å². The molecule has 4 rings (SSSR count). The lowest BCUT2D eigenvalue weighted by Crippen LogP contribution is -2.15. The SMILES string of the molecule is Cc1c(-c2ccccc2)nc2ccccc2c1C(=O)OCC(=O)c1cccs1. The van der Waals surface area contributed by atoms with Crippen molar-refractivity contribution in [2.24, 2.45) is 0 Å². The molecule has 0 N–H and O–H groups in total. The number of benzene rings is 2. The number of Topliss-reactive ketones (excluding diaryl/α,β-unsaturated/α-hetero) is 1. The van der Waals surface area contributed by atoms with Crippen LogP contribution in [0.3, 0.4) is 0 Å². The van der Waals surface area contributed by atoms with Crippen LogP contribution in [-0.4, -0.2) is 23.3 Å². The van der Waals surface area contributed by atoms with Crippen LogP contribution < -0.4 is 0 Å². The van der Waals surface area contributed by atoms with Crippen molar-refractivity contribution < 1.29 is 14.3 Å². The van der Waals surface area contributed by atoms with Gasteiger partial charge in [-0.25, -0.2) is 9.78 Å². The van der Waals surface area contributed by atoms with Crippen LogP contribution in [0.5, 0.6) is 0 Å². The maximum Gasteiger partial charge on any atom is 0.339 e. The van der Waals surface area contributed by atoms with Gasteiger partial charge in [-0.15, -0.1) is 11.3 Å². The summed E-state index contributed by atoms with van der Waals surface area (Å²) in [5, 5.41) is 2.54. The molecule has 0 saturated carbocycles. The molecule has 0 radical (unpaired) electrons. The van der Waals surface area contributed by atoms with Crippen molar-refractivity contribution in [3.8, 4) is 11.3 Å². The van der Waals surface area contributed by atoms with Gasteiger partial charge in [-0.2, -0.15) is 0 Å². The third-order valence-corrected chi connectivity index (χ3v) is 5.43. The third-order valence-electron chi connectivity index (χ3n) is 4.52. The van der Waals surface area contributed by atoms with Crippen molar-refractivity contribution >= 4 is 34.0 Å². The summed E-state index contributed by atoms with van der Waals surface area (Å²) in [7, 11) is 0. The number of rotatable bonds is 5.